The van der Waals surface area contributed by atoms with Gasteiger partial charge in [0.1, 0.15) is 17.3 Å². The van der Waals surface area contributed by atoms with Crippen molar-refractivity contribution in [2.45, 2.75) is 32.6 Å². The summed E-state index contributed by atoms with van der Waals surface area (Å²) >= 11 is 1.42. The summed E-state index contributed by atoms with van der Waals surface area (Å²) in [6.45, 7) is 3.95. The van der Waals surface area contributed by atoms with Crippen LogP contribution in [0.5, 0.6) is 0 Å². The van der Waals surface area contributed by atoms with E-state index in [2.05, 4.69) is 15.3 Å². The summed E-state index contributed by atoms with van der Waals surface area (Å²) in [5, 5.41) is 3.35. The van der Waals surface area contributed by atoms with Gasteiger partial charge in [-0.3, -0.25) is 19.3 Å². The number of ether oxygens (including phenoxy) is 1. The molecule has 8 heteroatoms. The van der Waals surface area contributed by atoms with Gasteiger partial charge in [-0.1, -0.05) is 6.07 Å². The molecule has 1 aliphatic carbocycles. The van der Waals surface area contributed by atoms with Gasteiger partial charge in [-0.15, -0.1) is 11.3 Å². The number of aryl methyl sites for hydroxylation is 2. The molecule has 3 aromatic rings. The van der Waals surface area contributed by atoms with Crippen molar-refractivity contribution in [1.29, 1.82) is 0 Å². The number of nitrogens with zero attached hydrogens (tertiary/aromatic N) is 3. The van der Waals surface area contributed by atoms with Crippen LogP contribution >= 0.6 is 11.3 Å². The first-order chi connectivity index (χ1) is 12.6. The van der Waals surface area contributed by atoms with Crippen LogP contribution in [0, 0.1) is 6.92 Å². The summed E-state index contributed by atoms with van der Waals surface area (Å²) in [5.74, 6) is -0.835. The lowest BCUT2D eigenvalue weighted by atomic mass is 10.1. The van der Waals surface area contributed by atoms with Crippen molar-refractivity contribution in [2.75, 3.05) is 11.9 Å². The summed E-state index contributed by atoms with van der Waals surface area (Å²) in [6.07, 6.45) is 3.30. The Kier molecular flexibility index (Phi) is 4.20. The lowest BCUT2D eigenvalue weighted by Crippen LogP contribution is -2.16. The number of amides is 1. The van der Waals surface area contributed by atoms with Gasteiger partial charge >= 0.3 is 5.97 Å². The fourth-order valence-electron chi connectivity index (χ4n) is 3.30. The van der Waals surface area contributed by atoms with Crippen LogP contribution < -0.4 is 5.32 Å². The van der Waals surface area contributed by atoms with Gasteiger partial charge in [0.15, 0.2) is 5.13 Å². The predicted molar refractivity (Wildman–Crippen MR) is 97.7 cm³/mol. The fraction of sp³-hybridized carbons (Fsp3) is 0.333. The minimum Gasteiger partial charge on any atom is -0.465 e. The van der Waals surface area contributed by atoms with E-state index < -0.39 is 0 Å². The first-order valence-corrected chi connectivity index (χ1v) is 9.31. The number of aromatic nitrogens is 3. The zero-order chi connectivity index (χ0) is 18.3. The second-order valence-electron chi connectivity index (χ2n) is 6.10. The SMILES string of the molecule is CCOC(=O)[C@H]1CCc2sc(NC(=O)c3c(C)nc4ccccn34)nc21. The average Bonchev–Trinajstić information content (AvgIpc) is 3.25. The van der Waals surface area contributed by atoms with Crippen LogP contribution in [0.2, 0.25) is 0 Å². The van der Waals surface area contributed by atoms with Crippen molar-refractivity contribution >= 4 is 34.0 Å². The molecule has 4 rings (SSSR count). The first kappa shape index (κ1) is 16.7. The predicted octanol–water partition coefficient (Wildman–Crippen LogP) is 2.94. The van der Waals surface area contributed by atoms with Gasteiger partial charge in [0.05, 0.1) is 18.0 Å². The number of rotatable bonds is 4. The van der Waals surface area contributed by atoms with Crippen molar-refractivity contribution in [3.8, 4) is 0 Å². The highest BCUT2D eigenvalue weighted by Gasteiger charge is 2.34. The van der Waals surface area contributed by atoms with E-state index in [0.29, 0.717) is 29.5 Å². The van der Waals surface area contributed by atoms with Crippen LogP contribution in [0.25, 0.3) is 5.65 Å². The zero-order valence-corrected chi connectivity index (χ0v) is 15.3. The third kappa shape index (κ3) is 2.76. The van der Waals surface area contributed by atoms with Gasteiger partial charge in [0, 0.05) is 11.1 Å². The topological polar surface area (TPSA) is 85.6 Å². The molecule has 0 saturated carbocycles. The molecule has 3 aromatic heterocycles. The summed E-state index contributed by atoms with van der Waals surface area (Å²) in [4.78, 5) is 34.8. The average molecular weight is 370 g/mol. The molecule has 1 atom stereocenters. The number of pyridine rings is 1. The number of thiazole rings is 1. The van der Waals surface area contributed by atoms with Crippen molar-refractivity contribution in [1.82, 2.24) is 14.4 Å². The standard InChI is InChI=1S/C18H18N4O3S/c1-3-25-17(24)11-7-8-12-14(11)20-18(26-12)21-16(23)15-10(2)19-13-6-4-5-9-22(13)15/h4-6,9,11H,3,7-8H2,1-2H3,(H,20,21,23)/t11-/m0/s1. The van der Waals surface area contributed by atoms with Crippen molar-refractivity contribution in [3.05, 3.63) is 46.4 Å². The van der Waals surface area contributed by atoms with E-state index in [4.69, 9.17) is 4.74 Å². The second-order valence-corrected chi connectivity index (χ2v) is 7.18. The maximum atomic E-state index is 12.8. The Hall–Kier alpha value is -2.74. The molecule has 1 amide bonds. The molecule has 0 bridgehead atoms. The Morgan fingerprint density at radius 1 is 1.38 bits per heavy atom. The van der Waals surface area contributed by atoms with Crippen LogP contribution in [-0.4, -0.2) is 32.9 Å². The molecular weight excluding hydrogens is 352 g/mol. The highest BCUT2D eigenvalue weighted by molar-refractivity contribution is 7.16. The fourth-order valence-corrected chi connectivity index (χ4v) is 4.33. The van der Waals surface area contributed by atoms with E-state index >= 15 is 0 Å². The first-order valence-electron chi connectivity index (χ1n) is 8.49. The highest BCUT2D eigenvalue weighted by atomic mass is 32.1. The van der Waals surface area contributed by atoms with E-state index in [-0.39, 0.29) is 17.8 Å². The highest BCUT2D eigenvalue weighted by Crippen LogP contribution is 2.39. The summed E-state index contributed by atoms with van der Waals surface area (Å²) in [6, 6.07) is 5.59. The minimum absolute atomic E-state index is 0.243. The number of nitrogens with one attached hydrogen (secondary N) is 1. The third-order valence-corrected chi connectivity index (χ3v) is 5.47. The van der Waals surface area contributed by atoms with E-state index in [1.54, 1.807) is 18.2 Å². The third-order valence-electron chi connectivity index (χ3n) is 4.43. The number of hydrogen-bond acceptors (Lipinski definition) is 6. The van der Waals surface area contributed by atoms with E-state index in [1.165, 1.54) is 11.3 Å². The summed E-state index contributed by atoms with van der Waals surface area (Å²) in [5.41, 5.74) is 2.60. The lowest BCUT2D eigenvalue weighted by Gasteiger charge is -2.08. The Morgan fingerprint density at radius 2 is 2.23 bits per heavy atom. The largest absolute Gasteiger partial charge is 0.465 e. The zero-order valence-electron chi connectivity index (χ0n) is 14.5. The molecule has 1 N–H and O–H groups in total. The molecule has 0 spiro atoms. The van der Waals surface area contributed by atoms with Gasteiger partial charge in [0.2, 0.25) is 0 Å². The molecule has 0 saturated heterocycles. The molecule has 26 heavy (non-hydrogen) atoms. The molecule has 0 radical (unpaired) electrons. The van der Waals surface area contributed by atoms with Crippen LogP contribution in [0.15, 0.2) is 24.4 Å². The molecule has 0 fully saturated rings. The molecule has 0 aliphatic heterocycles. The Bertz CT molecular complexity index is 1010. The van der Waals surface area contributed by atoms with Crippen LogP contribution in [0.1, 0.15) is 46.0 Å². The molecule has 134 valence electrons. The molecular formula is C18H18N4O3S. The second kappa shape index (κ2) is 6.53. The normalized spacial score (nSPS) is 15.8. The number of carbonyl (C=O) groups is 2. The molecule has 1 aliphatic rings. The summed E-state index contributed by atoms with van der Waals surface area (Å²) in [7, 11) is 0. The molecule has 3 heterocycles. The minimum atomic E-state index is -0.329. The number of fused-ring (bicyclic) bond motifs is 2. The Labute approximate surface area is 154 Å². The Morgan fingerprint density at radius 3 is 3.04 bits per heavy atom. The van der Waals surface area contributed by atoms with Crippen molar-refractivity contribution in [3.63, 3.8) is 0 Å². The van der Waals surface area contributed by atoms with Crippen LogP contribution in [0.4, 0.5) is 5.13 Å². The number of esters is 1. The number of imidazole rings is 1. The van der Waals surface area contributed by atoms with Gasteiger partial charge < -0.3 is 4.74 Å². The summed E-state index contributed by atoms with van der Waals surface area (Å²) < 4.78 is 6.88. The number of anilines is 1. The Balaban J connectivity index is 1.59. The van der Waals surface area contributed by atoms with Crippen LogP contribution in [0.3, 0.4) is 0 Å². The maximum absolute atomic E-state index is 12.8. The van der Waals surface area contributed by atoms with Crippen LogP contribution in [-0.2, 0) is 16.0 Å². The van der Waals surface area contributed by atoms with Gasteiger partial charge in [-0.2, -0.15) is 0 Å². The van der Waals surface area contributed by atoms with Gasteiger partial charge in [0.25, 0.3) is 5.91 Å². The van der Waals surface area contributed by atoms with E-state index in [1.807, 2.05) is 24.4 Å². The lowest BCUT2D eigenvalue weighted by molar-refractivity contribution is -0.145. The molecule has 0 aromatic carbocycles. The smallest absolute Gasteiger partial charge is 0.315 e. The number of carbonyl (C=O) groups excluding carboxylic acids is 2. The quantitative estimate of drug-likeness (QED) is 0.714. The molecule has 7 nitrogen and oxygen atoms in total. The van der Waals surface area contributed by atoms with E-state index in [9.17, 15) is 9.59 Å². The van der Waals surface area contributed by atoms with E-state index in [0.717, 1.165) is 22.6 Å². The van der Waals surface area contributed by atoms with Crippen molar-refractivity contribution < 1.29 is 14.3 Å². The molecule has 0 unspecified atom stereocenters. The number of hydrogen-bond donors (Lipinski definition) is 1. The van der Waals surface area contributed by atoms with Gasteiger partial charge in [-0.25, -0.2) is 9.97 Å². The van der Waals surface area contributed by atoms with Gasteiger partial charge in [-0.05, 0) is 38.8 Å². The monoisotopic (exact) mass is 370 g/mol. The van der Waals surface area contributed by atoms with Crippen molar-refractivity contribution in [2.24, 2.45) is 0 Å². The maximum Gasteiger partial charge on any atom is 0.315 e.